The smallest absolute Gasteiger partial charge is 0.0559 e. The second-order valence-corrected chi connectivity index (χ2v) is 4.08. The number of rotatable bonds is 3. The molecule has 70 valence electrons. The van der Waals surface area contributed by atoms with Crippen molar-refractivity contribution in [3.05, 3.63) is 35.4 Å². The number of hydrogen-bond donors (Lipinski definition) is 0. The molecular formula is C12H16O. The lowest BCUT2D eigenvalue weighted by molar-refractivity contribution is 0.171. The lowest BCUT2D eigenvalue weighted by Crippen LogP contribution is -2.13. The highest BCUT2D eigenvalue weighted by Gasteiger charge is 2.43. The summed E-state index contributed by atoms with van der Waals surface area (Å²) in [5.41, 5.74) is 3.14. The van der Waals surface area contributed by atoms with Crippen molar-refractivity contribution in [1.29, 1.82) is 0 Å². The summed E-state index contributed by atoms with van der Waals surface area (Å²) in [6.07, 6.45) is 2.56. The fraction of sp³-hybridized carbons (Fsp3) is 0.500. The molecule has 13 heavy (non-hydrogen) atoms. The van der Waals surface area contributed by atoms with Gasteiger partial charge in [0.05, 0.1) is 6.61 Å². The second-order valence-electron chi connectivity index (χ2n) is 4.08. The van der Waals surface area contributed by atoms with E-state index < -0.39 is 0 Å². The van der Waals surface area contributed by atoms with Crippen LogP contribution in [0.1, 0.15) is 24.0 Å². The van der Waals surface area contributed by atoms with Crippen molar-refractivity contribution in [3.63, 3.8) is 0 Å². The van der Waals surface area contributed by atoms with Gasteiger partial charge in [-0.2, -0.15) is 0 Å². The molecule has 0 N–H and O–H groups in total. The van der Waals surface area contributed by atoms with Gasteiger partial charge in [-0.05, 0) is 25.3 Å². The van der Waals surface area contributed by atoms with E-state index in [9.17, 15) is 0 Å². The summed E-state index contributed by atoms with van der Waals surface area (Å²) in [5.74, 6) is 0. The molecule has 0 atom stereocenters. The van der Waals surface area contributed by atoms with E-state index in [4.69, 9.17) is 4.74 Å². The monoisotopic (exact) mass is 176 g/mol. The lowest BCUT2D eigenvalue weighted by Gasteiger charge is -2.14. The van der Waals surface area contributed by atoms with Crippen LogP contribution in [0, 0.1) is 6.92 Å². The Balaban J connectivity index is 2.20. The quantitative estimate of drug-likeness (QED) is 0.688. The first-order valence-electron chi connectivity index (χ1n) is 4.83. The Morgan fingerprint density at radius 3 is 2.31 bits per heavy atom. The van der Waals surface area contributed by atoms with Gasteiger partial charge in [0.15, 0.2) is 0 Å². The van der Waals surface area contributed by atoms with Gasteiger partial charge in [-0.3, -0.25) is 0 Å². The van der Waals surface area contributed by atoms with E-state index >= 15 is 0 Å². The summed E-state index contributed by atoms with van der Waals surface area (Å²) in [6.45, 7) is 3.00. The highest BCUT2D eigenvalue weighted by molar-refractivity contribution is 5.33. The predicted octanol–water partition coefficient (Wildman–Crippen LogP) is 2.67. The molecule has 0 spiro atoms. The second kappa shape index (κ2) is 3.15. The molecule has 0 amide bonds. The maximum absolute atomic E-state index is 5.25. The summed E-state index contributed by atoms with van der Waals surface area (Å²) in [4.78, 5) is 0. The third kappa shape index (κ3) is 1.61. The normalized spacial score (nSPS) is 18.6. The molecule has 0 unspecified atom stereocenters. The summed E-state index contributed by atoms with van der Waals surface area (Å²) in [7, 11) is 1.79. The van der Waals surface area contributed by atoms with E-state index in [-0.39, 0.29) is 0 Å². The van der Waals surface area contributed by atoms with Crippen molar-refractivity contribution in [1.82, 2.24) is 0 Å². The van der Waals surface area contributed by atoms with Gasteiger partial charge in [-0.1, -0.05) is 29.8 Å². The number of aryl methyl sites for hydroxylation is 1. The fourth-order valence-corrected chi connectivity index (χ4v) is 1.85. The van der Waals surface area contributed by atoms with Crippen molar-refractivity contribution in [2.24, 2.45) is 0 Å². The van der Waals surface area contributed by atoms with Gasteiger partial charge >= 0.3 is 0 Å². The maximum Gasteiger partial charge on any atom is 0.0559 e. The third-order valence-electron chi connectivity index (χ3n) is 2.94. The van der Waals surface area contributed by atoms with Crippen LogP contribution >= 0.6 is 0 Å². The summed E-state index contributed by atoms with van der Waals surface area (Å²) in [5, 5.41) is 0. The Kier molecular flexibility index (Phi) is 2.12. The van der Waals surface area contributed by atoms with E-state index in [1.165, 1.54) is 24.0 Å². The Hall–Kier alpha value is -0.820. The van der Waals surface area contributed by atoms with E-state index in [2.05, 4.69) is 31.2 Å². The minimum Gasteiger partial charge on any atom is -0.384 e. The molecule has 1 nitrogen and oxygen atoms in total. The highest BCUT2D eigenvalue weighted by atomic mass is 16.5. The molecule has 1 aromatic carbocycles. The highest BCUT2D eigenvalue weighted by Crippen LogP contribution is 2.48. The lowest BCUT2D eigenvalue weighted by atomic mass is 9.96. The molecule has 0 radical (unpaired) electrons. The molecule has 1 aliphatic carbocycles. The van der Waals surface area contributed by atoms with E-state index in [0.717, 1.165) is 6.61 Å². The molecule has 0 bridgehead atoms. The van der Waals surface area contributed by atoms with Crippen LogP contribution in [0.4, 0.5) is 0 Å². The van der Waals surface area contributed by atoms with Crippen LogP contribution in [0.5, 0.6) is 0 Å². The van der Waals surface area contributed by atoms with Gasteiger partial charge in [0.1, 0.15) is 0 Å². The molecule has 1 aromatic rings. The van der Waals surface area contributed by atoms with E-state index in [0.29, 0.717) is 5.41 Å². The van der Waals surface area contributed by atoms with E-state index in [1.807, 2.05) is 0 Å². The molecule has 1 saturated carbocycles. The SMILES string of the molecule is COCC1(c2ccc(C)cc2)CC1. The van der Waals surface area contributed by atoms with Gasteiger partial charge in [0, 0.05) is 12.5 Å². The average Bonchev–Trinajstić information content (AvgIpc) is 2.87. The van der Waals surface area contributed by atoms with Crippen molar-refractivity contribution < 1.29 is 4.74 Å². The molecule has 1 fully saturated rings. The summed E-state index contributed by atoms with van der Waals surface area (Å²) < 4.78 is 5.25. The van der Waals surface area contributed by atoms with Crippen LogP contribution < -0.4 is 0 Å². The maximum atomic E-state index is 5.25. The topological polar surface area (TPSA) is 9.23 Å². The Morgan fingerprint density at radius 2 is 1.85 bits per heavy atom. The van der Waals surface area contributed by atoms with Crippen LogP contribution in [-0.2, 0) is 10.2 Å². The standard InChI is InChI=1S/C12H16O/c1-10-3-5-11(6-4-10)12(7-8-12)9-13-2/h3-6H,7-9H2,1-2H3. The molecule has 1 aliphatic rings. The third-order valence-corrected chi connectivity index (χ3v) is 2.94. The number of ether oxygens (including phenoxy) is 1. The number of benzene rings is 1. The largest absolute Gasteiger partial charge is 0.384 e. The van der Waals surface area contributed by atoms with Crippen molar-refractivity contribution >= 4 is 0 Å². The molecule has 0 saturated heterocycles. The van der Waals surface area contributed by atoms with Crippen molar-refractivity contribution in [2.75, 3.05) is 13.7 Å². The van der Waals surface area contributed by atoms with Gasteiger partial charge in [-0.15, -0.1) is 0 Å². The molecule has 2 rings (SSSR count). The van der Waals surface area contributed by atoms with Gasteiger partial charge < -0.3 is 4.74 Å². The van der Waals surface area contributed by atoms with Crippen LogP contribution in [0.3, 0.4) is 0 Å². The van der Waals surface area contributed by atoms with Gasteiger partial charge in [0.2, 0.25) is 0 Å². The first kappa shape index (κ1) is 8.76. The molecule has 0 heterocycles. The van der Waals surface area contributed by atoms with Gasteiger partial charge in [-0.25, -0.2) is 0 Å². The summed E-state index contributed by atoms with van der Waals surface area (Å²) in [6, 6.07) is 8.85. The zero-order valence-electron chi connectivity index (χ0n) is 8.34. The Morgan fingerprint density at radius 1 is 1.23 bits per heavy atom. The Bertz CT molecular complexity index is 282. The number of hydrogen-bond acceptors (Lipinski definition) is 1. The minimum atomic E-state index is 0.364. The first-order chi connectivity index (χ1) is 6.27. The van der Waals surface area contributed by atoms with Crippen molar-refractivity contribution in [2.45, 2.75) is 25.2 Å². The average molecular weight is 176 g/mol. The van der Waals surface area contributed by atoms with Crippen LogP contribution in [0.2, 0.25) is 0 Å². The molecule has 0 aliphatic heterocycles. The first-order valence-corrected chi connectivity index (χ1v) is 4.83. The zero-order chi connectivity index (χ0) is 9.31. The molecule has 0 aromatic heterocycles. The van der Waals surface area contributed by atoms with Gasteiger partial charge in [0.25, 0.3) is 0 Å². The van der Waals surface area contributed by atoms with Crippen LogP contribution in [-0.4, -0.2) is 13.7 Å². The fourth-order valence-electron chi connectivity index (χ4n) is 1.85. The summed E-state index contributed by atoms with van der Waals surface area (Å²) >= 11 is 0. The van der Waals surface area contributed by atoms with E-state index in [1.54, 1.807) is 7.11 Å². The minimum absolute atomic E-state index is 0.364. The van der Waals surface area contributed by atoms with Crippen molar-refractivity contribution in [3.8, 4) is 0 Å². The number of methoxy groups -OCH3 is 1. The van der Waals surface area contributed by atoms with Crippen LogP contribution in [0.25, 0.3) is 0 Å². The zero-order valence-corrected chi connectivity index (χ0v) is 8.34. The molecular weight excluding hydrogens is 160 g/mol. The predicted molar refractivity (Wildman–Crippen MR) is 54.0 cm³/mol. The molecule has 1 heteroatoms. The Labute approximate surface area is 79.7 Å². The van der Waals surface area contributed by atoms with Crippen LogP contribution in [0.15, 0.2) is 24.3 Å².